The van der Waals surface area contributed by atoms with Gasteiger partial charge in [-0.2, -0.15) is 5.10 Å². The van der Waals surface area contributed by atoms with Gasteiger partial charge in [-0.3, -0.25) is 14.5 Å². The summed E-state index contributed by atoms with van der Waals surface area (Å²) in [4.78, 5) is 67.9. The molecule has 0 radical (unpaired) electrons. The summed E-state index contributed by atoms with van der Waals surface area (Å²) in [5.74, 6) is -2.49. The highest BCUT2D eigenvalue weighted by Gasteiger charge is 2.54. The summed E-state index contributed by atoms with van der Waals surface area (Å²) in [7, 11) is 0. The molecule has 1 saturated heterocycles. The van der Waals surface area contributed by atoms with Crippen molar-refractivity contribution in [2.75, 3.05) is 11.5 Å². The number of fused-ring (bicyclic) bond motifs is 2. The van der Waals surface area contributed by atoms with Gasteiger partial charge in [0.05, 0.1) is 6.20 Å². The van der Waals surface area contributed by atoms with Crippen molar-refractivity contribution in [3.8, 4) is 0 Å². The van der Waals surface area contributed by atoms with Crippen LogP contribution in [0.15, 0.2) is 124 Å². The maximum atomic E-state index is 14.3. The first-order chi connectivity index (χ1) is 25.3. The number of anilines is 1. The summed E-state index contributed by atoms with van der Waals surface area (Å²) < 4.78 is 7.88. The van der Waals surface area contributed by atoms with Crippen LogP contribution in [0.3, 0.4) is 0 Å². The first-order valence-electron chi connectivity index (χ1n) is 15.7. The van der Waals surface area contributed by atoms with E-state index in [0.717, 1.165) is 29.4 Å². The van der Waals surface area contributed by atoms with Crippen LogP contribution in [0, 0.1) is 0 Å². The third-order valence-electron chi connectivity index (χ3n) is 7.84. The monoisotopic (exact) mass is 752 g/mol. The molecule has 0 aliphatic carbocycles. The summed E-state index contributed by atoms with van der Waals surface area (Å²) in [5, 5.41) is 14.0. The minimum atomic E-state index is -1.04. The van der Waals surface area contributed by atoms with Crippen LogP contribution < -0.4 is 11.1 Å². The molecule has 2 aliphatic rings. The quantitative estimate of drug-likeness (QED) is 0.0371. The van der Waals surface area contributed by atoms with E-state index in [1.54, 1.807) is 34.5 Å². The number of nitrogens with one attached hydrogen (secondary N) is 1. The van der Waals surface area contributed by atoms with Crippen LogP contribution in [0.5, 0.6) is 0 Å². The predicted molar refractivity (Wildman–Crippen MR) is 196 cm³/mol. The zero-order valence-electron chi connectivity index (χ0n) is 27.2. The highest BCUT2D eigenvalue weighted by atomic mass is 32.2. The third-order valence-corrected chi connectivity index (χ3v) is 10.6. The lowest BCUT2D eigenvalue weighted by Gasteiger charge is -2.49. The number of thioether (sulfide) groups is 2. The second kappa shape index (κ2) is 15.2. The molecule has 5 heterocycles. The van der Waals surface area contributed by atoms with Crippen LogP contribution in [-0.2, 0) is 28.8 Å². The molecule has 0 saturated carbocycles. The predicted octanol–water partition coefficient (Wildman–Crippen LogP) is 4.33. The van der Waals surface area contributed by atoms with Gasteiger partial charge in [0.25, 0.3) is 11.8 Å². The average Bonchev–Trinajstić information content (AvgIpc) is 3.81. The Morgan fingerprint density at radius 1 is 1.06 bits per heavy atom. The van der Waals surface area contributed by atoms with Gasteiger partial charge in [0.1, 0.15) is 27.8 Å². The number of carbonyl (C=O) groups is 4. The van der Waals surface area contributed by atoms with Gasteiger partial charge in [0.15, 0.2) is 22.6 Å². The molecule has 3 aromatic heterocycles. The minimum Gasteiger partial charge on any atom is -0.448 e. The van der Waals surface area contributed by atoms with Gasteiger partial charge < -0.3 is 20.6 Å². The van der Waals surface area contributed by atoms with E-state index in [-0.39, 0.29) is 22.2 Å². The maximum absolute atomic E-state index is 14.3. The molecule has 2 amide bonds. The Kier molecular flexibility index (Phi) is 10.1. The lowest BCUT2D eigenvalue weighted by molar-refractivity contribution is -0.154. The number of thiazole rings is 1. The second-order valence-electron chi connectivity index (χ2n) is 11.3. The molecule has 7 rings (SSSR count). The van der Waals surface area contributed by atoms with Crippen molar-refractivity contribution in [2.45, 2.75) is 29.5 Å². The summed E-state index contributed by atoms with van der Waals surface area (Å²) in [5.41, 5.74) is 8.30. The Labute approximate surface area is 308 Å². The topological polar surface area (TPSA) is 183 Å². The number of benzene rings is 2. The van der Waals surface area contributed by atoms with E-state index in [4.69, 9.17) is 15.3 Å². The number of hydrogen-bond acceptors (Lipinski definition) is 14. The number of hydrogen-bond donors (Lipinski definition) is 2. The molecule has 2 aromatic carbocycles. The number of ether oxygens (including phenoxy) is 1. The third kappa shape index (κ3) is 7.32. The van der Waals surface area contributed by atoms with Crippen molar-refractivity contribution >= 4 is 75.1 Å². The minimum absolute atomic E-state index is 0.0632. The highest BCUT2D eigenvalue weighted by molar-refractivity contribution is 8.02. The van der Waals surface area contributed by atoms with E-state index < -0.39 is 41.3 Å². The standard InChI is InChI=1S/C35H28N8O6S3/c1-20(44)49-41-27(24-19-52-35(36)38-24)31(45)40-28-32(46)43-29(34(47)48-30(21-8-4-2-5-9-21)22-10-6-3-7-11-22)23(18-51-33(28)43)14-17-50-26-13-16-42-25(39-26)12-15-37-42/h2-17,19,28,30,33H,18H2,1H3,(H2,36,38)(H,40,45)/b17-14+,41-27?/t28-,33-/m1/s1. The molecule has 0 bridgehead atoms. The Morgan fingerprint density at radius 3 is 2.46 bits per heavy atom. The molecule has 3 N–H and O–H groups in total. The molecule has 2 atom stereocenters. The van der Waals surface area contributed by atoms with E-state index in [1.165, 1.54) is 33.8 Å². The van der Waals surface area contributed by atoms with Crippen molar-refractivity contribution < 1.29 is 28.8 Å². The van der Waals surface area contributed by atoms with Crippen molar-refractivity contribution in [2.24, 2.45) is 5.16 Å². The molecule has 1 fully saturated rings. The number of β-lactam (4-membered cyclic amide) rings is 1. The molecule has 262 valence electrons. The molecule has 2 aliphatic heterocycles. The number of nitrogens with zero attached hydrogens (tertiary/aromatic N) is 6. The summed E-state index contributed by atoms with van der Waals surface area (Å²) in [6.07, 6.45) is 4.46. The number of esters is 1. The van der Waals surface area contributed by atoms with Gasteiger partial charge in [-0.25, -0.2) is 24.1 Å². The normalized spacial score (nSPS) is 17.3. The van der Waals surface area contributed by atoms with Crippen molar-refractivity contribution in [1.29, 1.82) is 0 Å². The lowest BCUT2D eigenvalue weighted by Crippen LogP contribution is -2.71. The number of oxime groups is 1. The van der Waals surface area contributed by atoms with Crippen molar-refractivity contribution in [1.82, 2.24) is 29.8 Å². The maximum Gasteiger partial charge on any atom is 0.356 e. The first-order valence-corrected chi connectivity index (χ1v) is 18.5. The Balaban J connectivity index is 1.18. The van der Waals surface area contributed by atoms with Gasteiger partial charge in [-0.05, 0) is 34.3 Å². The fourth-order valence-corrected chi connectivity index (χ4v) is 8.00. The summed E-state index contributed by atoms with van der Waals surface area (Å²) in [6, 6.07) is 21.2. The van der Waals surface area contributed by atoms with Gasteiger partial charge in [-0.1, -0.05) is 77.6 Å². The molecule has 5 aromatic rings. The smallest absolute Gasteiger partial charge is 0.356 e. The number of nitrogen functional groups attached to an aromatic ring is 1. The van der Waals surface area contributed by atoms with E-state index >= 15 is 0 Å². The van der Waals surface area contributed by atoms with Crippen LogP contribution in [0.1, 0.15) is 29.8 Å². The molecule has 14 nitrogen and oxygen atoms in total. The highest BCUT2D eigenvalue weighted by Crippen LogP contribution is 2.42. The number of nitrogens with two attached hydrogens (primary N) is 1. The second-order valence-corrected chi connectivity index (χ2v) is 14.2. The molecule has 0 spiro atoms. The number of amides is 2. The zero-order chi connectivity index (χ0) is 36.2. The lowest BCUT2D eigenvalue weighted by atomic mass is 10.0. The first kappa shape index (κ1) is 34.7. The van der Waals surface area contributed by atoms with Crippen molar-refractivity contribution in [3.63, 3.8) is 0 Å². The largest absolute Gasteiger partial charge is 0.448 e. The van der Waals surface area contributed by atoms with Crippen molar-refractivity contribution in [3.05, 3.63) is 130 Å². The number of allylic oxidation sites excluding steroid dienone is 1. The van der Waals surface area contributed by atoms with Gasteiger partial charge in [0, 0.05) is 30.3 Å². The Morgan fingerprint density at radius 2 is 1.79 bits per heavy atom. The molecule has 52 heavy (non-hydrogen) atoms. The summed E-state index contributed by atoms with van der Waals surface area (Å²) >= 11 is 3.77. The van der Waals surface area contributed by atoms with Gasteiger partial charge >= 0.3 is 11.9 Å². The fraction of sp³-hybridized carbons (Fsp3) is 0.143. The molecular weight excluding hydrogens is 725 g/mol. The molecule has 17 heteroatoms. The van der Waals surface area contributed by atoms with E-state index in [2.05, 4.69) is 25.5 Å². The molecular formula is C35H28N8O6S3. The zero-order valence-corrected chi connectivity index (χ0v) is 29.6. The van der Waals surface area contributed by atoms with E-state index in [9.17, 15) is 19.2 Å². The van der Waals surface area contributed by atoms with Crippen LogP contribution in [0.4, 0.5) is 5.13 Å². The fourth-order valence-electron chi connectivity index (χ4n) is 5.47. The number of aromatic nitrogens is 4. The van der Waals surface area contributed by atoms with E-state index in [1.807, 2.05) is 66.7 Å². The number of rotatable bonds is 11. The Bertz CT molecular complexity index is 2220. The number of carbonyl (C=O) groups excluding carboxylic acids is 4. The van der Waals surface area contributed by atoms with E-state index in [0.29, 0.717) is 22.0 Å². The van der Waals surface area contributed by atoms with Crippen LogP contribution in [-0.4, -0.2) is 71.1 Å². The summed E-state index contributed by atoms with van der Waals surface area (Å²) in [6.45, 7) is 1.13. The van der Waals surface area contributed by atoms with Crippen LogP contribution in [0.2, 0.25) is 0 Å². The Hall–Kier alpha value is -5.78. The van der Waals surface area contributed by atoms with Crippen LogP contribution >= 0.6 is 34.9 Å². The molecule has 0 unspecified atom stereocenters. The SMILES string of the molecule is CC(=O)ON=C(C(=O)N[C@@H]1C(=O)N2C(C(=O)OC(c3ccccc3)c3ccccc3)=C(/C=C/Sc3ccn4nccc4n3)CS[C@H]12)c1csc(N)n1. The van der Waals surface area contributed by atoms with Gasteiger partial charge in [-0.15, -0.1) is 23.1 Å². The van der Waals surface area contributed by atoms with Crippen LogP contribution in [0.25, 0.3) is 5.65 Å². The average molecular weight is 753 g/mol. The van der Waals surface area contributed by atoms with Gasteiger partial charge in [0.2, 0.25) is 0 Å².